The van der Waals surface area contributed by atoms with Crippen molar-refractivity contribution in [3.63, 3.8) is 0 Å². The average molecular weight is 565 g/mol. The quantitative estimate of drug-likeness (QED) is 0.342. The lowest BCUT2D eigenvalue weighted by Crippen LogP contribution is -2.33. The van der Waals surface area contributed by atoms with E-state index in [0.29, 0.717) is 25.3 Å². The lowest BCUT2D eigenvalue weighted by molar-refractivity contribution is -0.147. The van der Waals surface area contributed by atoms with Crippen molar-refractivity contribution in [3.05, 3.63) is 53.6 Å². The largest absolute Gasteiger partial charge is 0.497 e. The van der Waals surface area contributed by atoms with Gasteiger partial charge in [-0.3, -0.25) is 9.59 Å². The monoisotopic (exact) mass is 564 g/mol. The number of hydrogen-bond acceptors (Lipinski definition) is 6. The number of carbonyl (C=O) groups excluding carboxylic acids is 2. The summed E-state index contributed by atoms with van der Waals surface area (Å²) in [6.07, 6.45) is 8.32. The zero-order chi connectivity index (χ0) is 28.1. The summed E-state index contributed by atoms with van der Waals surface area (Å²) in [7, 11) is -0.612. The van der Waals surface area contributed by atoms with Gasteiger partial charge in [-0.05, 0) is 92.0 Å². The smallest absolute Gasteiger partial charge is 0.313 e. The van der Waals surface area contributed by atoms with Crippen LogP contribution in [-0.2, 0) is 26.1 Å². The third-order valence-electron chi connectivity index (χ3n) is 8.87. The Balaban J connectivity index is 1.54. The van der Waals surface area contributed by atoms with Crippen molar-refractivity contribution in [2.45, 2.75) is 75.5 Å². The minimum absolute atomic E-state index is 0.223. The Kier molecular flexibility index (Phi) is 6.89. The Morgan fingerprint density at radius 2 is 1.68 bits per heavy atom. The van der Waals surface area contributed by atoms with Crippen LogP contribution < -0.4 is 9.46 Å². The topological polar surface area (TPSA) is 104 Å². The Morgan fingerprint density at radius 3 is 2.27 bits per heavy atom. The molecular formula is C31H36N2O6S. The maximum Gasteiger partial charge on any atom is 0.313 e. The van der Waals surface area contributed by atoms with Crippen molar-refractivity contribution in [1.29, 1.82) is 0 Å². The molecule has 0 atom stereocenters. The lowest BCUT2D eigenvalue weighted by atomic mass is 9.81. The predicted molar refractivity (Wildman–Crippen MR) is 153 cm³/mol. The van der Waals surface area contributed by atoms with Gasteiger partial charge in [0, 0.05) is 23.0 Å². The first-order valence-corrected chi connectivity index (χ1v) is 15.8. The number of esters is 1. The normalized spacial score (nSPS) is 18.9. The van der Waals surface area contributed by atoms with Crippen LogP contribution in [0, 0.1) is 5.41 Å². The Labute approximate surface area is 235 Å². The number of carbonyl (C=O) groups is 2. The standard InChI is InChI=1S/C31H36N2O6S/c1-38-23-11-8-21(9-12-23)28-27(20-6-4-3-5-7-20)25-15-10-22(29(34)32-40(36,37)24-13-14-24)18-26(25)33(28)19-31(16-17-31)30(35)39-2/h8-12,15,18,20,24H,3-7,13-14,16-17,19H2,1-2H3,(H,32,34). The van der Waals surface area contributed by atoms with Crippen LogP contribution in [0.4, 0.5) is 0 Å². The van der Waals surface area contributed by atoms with Gasteiger partial charge >= 0.3 is 5.97 Å². The van der Waals surface area contributed by atoms with E-state index in [-0.39, 0.29) is 11.5 Å². The molecule has 0 aliphatic heterocycles. The van der Waals surface area contributed by atoms with Crippen LogP contribution in [0.3, 0.4) is 0 Å². The molecule has 9 heteroatoms. The highest BCUT2D eigenvalue weighted by molar-refractivity contribution is 7.91. The third-order valence-corrected chi connectivity index (χ3v) is 10.7. The molecule has 6 rings (SSSR count). The highest BCUT2D eigenvalue weighted by Gasteiger charge is 2.52. The fraction of sp³-hybridized carbons (Fsp3) is 0.484. The van der Waals surface area contributed by atoms with Gasteiger partial charge in [-0.2, -0.15) is 0 Å². The van der Waals surface area contributed by atoms with E-state index in [1.54, 1.807) is 19.2 Å². The van der Waals surface area contributed by atoms with Crippen molar-refractivity contribution < 1.29 is 27.5 Å². The van der Waals surface area contributed by atoms with Crippen LogP contribution in [0.1, 0.15) is 79.6 Å². The van der Waals surface area contributed by atoms with Gasteiger partial charge in [0.1, 0.15) is 5.75 Å². The Morgan fingerprint density at radius 1 is 0.975 bits per heavy atom. The maximum absolute atomic E-state index is 13.1. The lowest BCUT2D eigenvalue weighted by Gasteiger charge is -2.24. The van der Waals surface area contributed by atoms with Crippen LogP contribution >= 0.6 is 0 Å². The number of sulfonamides is 1. The first kappa shape index (κ1) is 26.9. The number of amides is 1. The molecule has 0 saturated heterocycles. The zero-order valence-electron chi connectivity index (χ0n) is 23.1. The van der Waals surface area contributed by atoms with Crippen LogP contribution in [0.5, 0.6) is 5.75 Å². The number of fused-ring (bicyclic) bond motifs is 1. The molecule has 0 bridgehead atoms. The van der Waals surface area contributed by atoms with Crippen LogP contribution in [0.25, 0.3) is 22.2 Å². The van der Waals surface area contributed by atoms with Crippen LogP contribution in [-0.4, -0.2) is 44.3 Å². The molecule has 1 aromatic heterocycles. The molecule has 3 aromatic rings. The maximum atomic E-state index is 13.1. The Hall–Kier alpha value is -3.33. The van der Waals surface area contributed by atoms with Crippen molar-refractivity contribution in [2.24, 2.45) is 5.41 Å². The molecule has 212 valence electrons. The number of nitrogens with one attached hydrogen (secondary N) is 1. The molecule has 8 nitrogen and oxygen atoms in total. The highest BCUT2D eigenvalue weighted by Crippen LogP contribution is 2.51. The number of aromatic nitrogens is 1. The molecule has 0 spiro atoms. The summed E-state index contributed by atoms with van der Waals surface area (Å²) >= 11 is 0. The van der Waals surface area contributed by atoms with E-state index in [9.17, 15) is 18.0 Å². The van der Waals surface area contributed by atoms with Gasteiger partial charge in [0.2, 0.25) is 10.0 Å². The third kappa shape index (κ3) is 4.89. The van der Waals surface area contributed by atoms with Crippen LogP contribution in [0.2, 0.25) is 0 Å². The summed E-state index contributed by atoms with van der Waals surface area (Å²) in [6, 6.07) is 13.4. The Bertz CT molecular complexity index is 1560. The molecule has 2 aromatic carbocycles. The van der Waals surface area contributed by atoms with Gasteiger partial charge in [0.05, 0.1) is 30.6 Å². The summed E-state index contributed by atoms with van der Waals surface area (Å²) < 4.78 is 40.1. The summed E-state index contributed by atoms with van der Waals surface area (Å²) in [5.74, 6) is 0.257. The fourth-order valence-corrected chi connectivity index (χ4v) is 7.59. The molecular weight excluding hydrogens is 528 g/mol. The van der Waals surface area contributed by atoms with E-state index in [2.05, 4.69) is 9.29 Å². The molecule has 0 unspecified atom stereocenters. The summed E-state index contributed by atoms with van der Waals surface area (Å²) in [4.78, 5) is 26.0. The van der Waals surface area contributed by atoms with Gasteiger partial charge in [0.15, 0.2) is 0 Å². The number of nitrogens with zero attached hydrogens (tertiary/aromatic N) is 1. The minimum atomic E-state index is -3.68. The number of benzene rings is 2. The SMILES string of the molecule is COC(=O)C1(Cn2c(-c3ccc(OC)cc3)c(C3CCCCC3)c3ccc(C(=O)NS(=O)(=O)C4CC4)cc32)CC1. The van der Waals surface area contributed by atoms with Gasteiger partial charge in [-0.1, -0.05) is 25.3 Å². The number of rotatable bonds is 9. The van der Waals surface area contributed by atoms with Crippen LogP contribution in [0.15, 0.2) is 42.5 Å². The first-order valence-electron chi connectivity index (χ1n) is 14.2. The van der Waals surface area contributed by atoms with Crippen molar-refractivity contribution in [2.75, 3.05) is 14.2 Å². The second-order valence-corrected chi connectivity index (χ2v) is 13.6. The van der Waals surface area contributed by atoms with Gasteiger partial charge in [-0.25, -0.2) is 13.1 Å². The molecule has 1 N–H and O–H groups in total. The molecule has 1 amide bonds. The van der Waals surface area contributed by atoms with E-state index in [4.69, 9.17) is 9.47 Å². The van der Waals surface area contributed by atoms with E-state index in [1.165, 1.54) is 19.1 Å². The van der Waals surface area contributed by atoms with E-state index >= 15 is 0 Å². The summed E-state index contributed by atoms with van der Waals surface area (Å²) in [6.45, 7) is 0.426. The summed E-state index contributed by atoms with van der Waals surface area (Å²) in [5.41, 5.74) is 3.80. The highest BCUT2D eigenvalue weighted by atomic mass is 32.2. The van der Waals surface area contributed by atoms with Gasteiger partial charge in [-0.15, -0.1) is 0 Å². The van der Waals surface area contributed by atoms with Crippen molar-refractivity contribution >= 4 is 32.8 Å². The predicted octanol–water partition coefficient (Wildman–Crippen LogP) is 5.54. The fourth-order valence-electron chi connectivity index (χ4n) is 6.29. The second kappa shape index (κ2) is 10.3. The molecule has 3 aliphatic rings. The number of hydrogen-bond donors (Lipinski definition) is 1. The van der Waals surface area contributed by atoms with E-state index in [0.717, 1.165) is 66.4 Å². The average Bonchev–Trinajstić information content (AvgIpc) is 3.90. The zero-order valence-corrected chi connectivity index (χ0v) is 23.9. The van der Waals surface area contributed by atoms with E-state index < -0.39 is 26.6 Å². The minimum Gasteiger partial charge on any atom is -0.497 e. The molecule has 40 heavy (non-hydrogen) atoms. The van der Waals surface area contributed by atoms with Gasteiger partial charge in [0.25, 0.3) is 5.91 Å². The second-order valence-electron chi connectivity index (χ2n) is 11.6. The molecule has 3 saturated carbocycles. The molecule has 3 aliphatic carbocycles. The van der Waals surface area contributed by atoms with Gasteiger partial charge < -0.3 is 14.0 Å². The van der Waals surface area contributed by atoms with Crippen molar-refractivity contribution in [1.82, 2.24) is 9.29 Å². The van der Waals surface area contributed by atoms with E-state index in [1.807, 2.05) is 30.3 Å². The number of ether oxygens (including phenoxy) is 2. The molecule has 3 fully saturated rings. The molecule has 1 heterocycles. The van der Waals surface area contributed by atoms with Crippen molar-refractivity contribution in [3.8, 4) is 17.0 Å². The first-order chi connectivity index (χ1) is 19.3. The summed E-state index contributed by atoms with van der Waals surface area (Å²) in [5, 5.41) is 0.554. The number of methoxy groups -OCH3 is 2. The molecule has 0 radical (unpaired) electrons.